The van der Waals surface area contributed by atoms with Gasteiger partial charge in [0.1, 0.15) is 5.75 Å². The Morgan fingerprint density at radius 2 is 2.05 bits per heavy atom. The van der Waals surface area contributed by atoms with Gasteiger partial charge in [-0.2, -0.15) is 0 Å². The van der Waals surface area contributed by atoms with Gasteiger partial charge in [0.15, 0.2) is 0 Å². The smallest absolute Gasteiger partial charge is 0.125 e. The number of hydrogen-bond donors (Lipinski definition) is 1. The Morgan fingerprint density at radius 3 is 2.79 bits per heavy atom. The van der Waals surface area contributed by atoms with Crippen LogP contribution in [0.4, 0.5) is 0 Å². The maximum absolute atomic E-state index is 5.94. The lowest BCUT2D eigenvalue weighted by Gasteiger charge is -2.13. The minimum atomic E-state index is 0.641. The minimum absolute atomic E-state index is 0.641. The lowest BCUT2D eigenvalue weighted by Crippen LogP contribution is -2.08. The van der Waals surface area contributed by atoms with E-state index in [1.54, 1.807) is 6.20 Å². The lowest BCUT2D eigenvalue weighted by atomic mass is 10.1. The molecule has 0 aliphatic carbocycles. The second-order valence-corrected chi connectivity index (χ2v) is 4.56. The molecule has 3 nitrogen and oxygen atoms in total. The number of rotatable bonds is 6. The first-order valence-electron chi connectivity index (χ1n) is 6.61. The van der Waals surface area contributed by atoms with Crippen LogP contribution in [0.5, 0.6) is 5.75 Å². The Labute approximate surface area is 114 Å². The quantitative estimate of drug-likeness (QED) is 0.864. The molecule has 1 aromatic heterocycles. The molecule has 0 amide bonds. The first kappa shape index (κ1) is 13.6. The number of para-hydroxylation sites is 1. The van der Waals surface area contributed by atoms with Crippen LogP contribution in [0.1, 0.15) is 16.7 Å². The highest BCUT2D eigenvalue weighted by atomic mass is 16.5. The highest BCUT2D eigenvalue weighted by Gasteiger charge is 2.06. The fraction of sp³-hybridized carbons (Fsp3) is 0.312. The summed E-state index contributed by atoms with van der Waals surface area (Å²) in [5, 5.41) is 0. The normalized spacial score (nSPS) is 10.4. The molecule has 0 aliphatic heterocycles. The number of benzene rings is 1. The van der Waals surface area contributed by atoms with Gasteiger partial charge in [-0.1, -0.05) is 24.3 Å². The Morgan fingerprint density at radius 1 is 1.16 bits per heavy atom. The van der Waals surface area contributed by atoms with Gasteiger partial charge < -0.3 is 10.5 Å². The van der Waals surface area contributed by atoms with Crippen molar-refractivity contribution >= 4 is 0 Å². The van der Waals surface area contributed by atoms with Crippen molar-refractivity contribution in [3.05, 3.63) is 59.4 Å². The van der Waals surface area contributed by atoms with Crippen molar-refractivity contribution in [2.24, 2.45) is 5.73 Å². The molecule has 0 radical (unpaired) electrons. The molecule has 0 bridgehead atoms. The van der Waals surface area contributed by atoms with Gasteiger partial charge in [0.05, 0.1) is 6.61 Å². The van der Waals surface area contributed by atoms with Gasteiger partial charge in [0.2, 0.25) is 0 Å². The Kier molecular flexibility index (Phi) is 4.93. The monoisotopic (exact) mass is 256 g/mol. The lowest BCUT2D eigenvalue weighted by molar-refractivity contribution is 0.316. The van der Waals surface area contributed by atoms with E-state index in [4.69, 9.17) is 10.5 Å². The van der Waals surface area contributed by atoms with E-state index in [0.29, 0.717) is 13.2 Å². The van der Waals surface area contributed by atoms with Crippen LogP contribution >= 0.6 is 0 Å². The molecule has 0 spiro atoms. The first-order chi connectivity index (χ1) is 9.31. The maximum atomic E-state index is 5.94. The number of pyridine rings is 1. The van der Waals surface area contributed by atoms with Crippen molar-refractivity contribution in [2.45, 2.75) is 19.8 Å². The summed E-state index contributed by atoms with van der Waals surface area (Å²) in [5.74, 6) is 0.983. The van der Waals surface area contributed by atoms with Crippen molar-refractivity contribution in [2.75, 3.05) is 13.2 Å². The van der Waals surface area contributed by atoms with E-state index in [0.717, 1.165) is 24.2 Å². The van der Waals surface area contributed by atoms with Crippen LogP contribution < -0.4 is 10.5 Å². The van der Waals surface area contributed by atoms with Crippen molar-refractivity contribution < 1.29 is 4.74 Å². The number of aromatic nitrogens is 1. The fourth-order valence-corrected chi connectivity index (χ4v) is 2.09. The van der Waals surface area contributed by atoms with Crippen molar-refractivity contribution in [3.8, 4) is 5.75 Å². The molecule has 2 rings (SSSR count). The summed E-state index contributed by atoms with van der Waals surface area (Å²) in [6, 6.07) is 10.2. The summed E-state index contributed by atoms with van der Waals surface area (Å²) < 4.78 is 5.94. The summed E-state index contributed by atoms with van der Waals surface area (Å²) in [6.07, 6.45) is 5.38. The van der Waals surface area contributed by atoms with Crippen LogP contribution in [-0.4, -0.2) is 18.1 Å². The summed E-state index contributed by atoms with van der Waals surface area (Å²) in [7, 11) is 0. The van der Waals surface area contributed by atoms with E-state index in [2.05, 4.69) is 30.1 Å². The molecule has 3 heteroatoms. The van der Waals surface area contributed by atoms with Gasteiger partial charge in [0, 0.05) is 18.8 Å². The number of nitrogens with zero attached hydrogens (tertiary/aromatic N) is 1. The van der Waals surface area contributed by atoms with Crippen LogP contribution in [0.25, 0.3) is 0 Å². The molecular formula is C16H20N2O. The molecule has 0 aliphatic rings. The molecule has 2 N–H and O–H groups in total. The molecule has 0 saturated heterocycles. The van der Waals surface area contributed by atoms with Gasteiger partial charge in [-0.05, 0) is 42.6 Å². The van der Waals surface area contributed by atoms with Gasteiger partial charge in [-0.25, -0.2) is 0 Å². The highest BCUT2D eigenvalue weighted by molar-refractivity contribution is 5.41. The zero-order valence-corrected chi connectivity index (χ0v) is 11.3. The van der Waals surface area contributed by atoms with Crippen molar-refractivity contribution in [3.63, 3.8) is 0 Å². The van der Waals surface area contributed by atoms with Crippen LogP contribution in [0.15, 0.2) is 42.7 Å². The summed E-state index contributed by atoms with van der Waals surface area (Å²) in [6.45, 7) is 3.37. The van der Waals surface area contributed by atoms with E-state index < -0.39 is 0 Å². The van der Waals surface area contributed by atoms with Gasteiger partial charge in [-0.15, -0.1) is 0 Å². The average Bonchev–Trinajstić information content (AvgIpc) is 2.43. The van der Waals surface area contributed by atoms with Crippen LogP contribution in [0, 0.1) is 6.92 Å². The molecule has 0 fully saturated rings. The Bertz CT molecular complexity index is 511. The Hall–Kier alpha value is -1.87. The van der Waals surface area contributed by atoms with Crippen LogP contribution in [0.3, 0.4) is 0 Å². The van der Waals surface area contributed by atoms with Crippen molar-refractivity contribution in [1.29, 1.82) is 0 Å². The Balaban J connectivity index is 1.99. The second kappa shape index (κ2) is 6.90. The molecular weight excluding hydrogens is 236 g/mol. The summed E-state index contributed by atoms with van der Waals surface area (Å²) in [4.78, 5) is 4.10. The molecule has 0 unspecified atom stereocenters. The molecule has 1 heterocycles. The fourth-order valence-electron chi connectivity index (χ4n) is 2.09. The van der Waals surface area contributed by atoms with Gasteiger partial charge >= 0.3 is 0 Å². The van der Waals surface area contributed by atoms with E-state index in [1.807, 2.05) is 18.3 Å². The molecule has 0 atom stereocenters. The third-order valence-electron chi connectivity index (χ3n) is 3.07. The number of aryl methyl sites for hydroxylation is 1. The van der Waals surface area contributed by atoms with Gasteiger partial charge in [-0.3, -0.25) is 4.98 Å². The molecule has 100 valence electrons. The molecule has 2 aromatic rings. The largest absolute Gasteiger partial charge is 0.493 e. The standard InChI is InChI=1S/C16H20N2O/c1-13-4-2-6-15(7-9-17)16(13)19-11-8-14-5-3-10-18-12-14/h2-6,10,12H,7-9,11,17H2,1H3. The second-order valence-electron chi connectivity index (χ2n) is 4.56. The third-order valence-corrected chi connectivity index (χ3v) is 3.07. The predicted octanol–water partition coefficient (Wildman–Crippen LogP) is 2.51. The van der Waals surface area contributed by atoms with E-state index in [-0.39, 0.29) is 0 Å². The zero-order chi connectivity index (χ0) is 13.5. The first-order valence-corrected chi connectivity index (χ1v) is 6.61. The predicted molar refractivity (Wildman–Crippen MR) is 77.4 cm³/mol. The van der Waals surface area contributed by atoms with Crippen LogP contribution in [0.2, 0.25) is 0 Å². The molecule has 0 saturated carbocycles. The van der Waals surface area contributed by atoms with E-state index >= 15 is 0 Å². The summed E-state index contributed by atoms with van der Waals surface area (Å²) >= 11 is 0. The molecule has 19 heavy (non-hydrogen) atoms. The SMILES string of the molecule is Cc1cccc(CCN)c1OCCc1cccnc1. The van der Waals surface area contributed by atoms with Crippen LogP contribution in [-0.2, 0) is 12.8 Å². The van der Waals surface area contributed by atoms with Gasteiger partial charge in [0.25, 0.3) is 0 Å². The number of nitrogens with two attached hydrogens (primary N) is 1. The summed E-state index contributed by atoms with van der Waals surface area (Å²) in [5.41, 5.74) is 9.18. The average molecular weight is 256 g/mol. The number of hydrogen-bond acceptors (Lipinski definition) is 3. The molecule has 1 aromatic carbocycles. The number of ether oxygens (including phenoxy) is 1. The van der Waals surface area contributed by atoms with E-state index in [9.17, 15) is 0 Å². The highest BCUT2D eigenvalue weighted by Crippen LogP contribution is 2.23. The minimum Gasteiger partial charge on any atom is -0.493 e. The van der Waals surface area contributed by atoms with Crippen molar-refractivity contribution in [1.82, 2.24) is 4.98 Å². The van der Waals surface area contributed by atoms with E-state index in [1.165, 1.54) is 11.1 Å². The zero-order valence-electron chi connectivity index (χ0n) is 11.3. The maximum Gasteiger partial charge on any atom is 0.125 e. The third kappa shape index (κ3) is 3.80. The topological polar surface area (TPSA) is 48.1 Å².